The molecule has 17 heavy (non-hydrogen) atoms. The second kappa shape index (κ2) is 4.40. The first kappa shape index (κ1) is 11.4. The summed E-state index contributed by atoms with van der Waals surface area (Å²) in [5.74, 6) is 0. The fraction of sp³-hybridized carbons (Fsp3) is 0.133. The molecule has 2 aromatic rings. The van der Waals surface area contributed by atoms with E-state index in [9.17, 15) is 5.11 Å². The van der Waals surface area contributed by atoms with Crippen molar-refractivity contribution >= 4 is 0 Å². The molecule has 0 fully saturated rings. The predicted octanol–water partition coefficient (Wildman–Crippen LogP) is 2.81. The van der Waals surface area contributed by atoms with E-state index in [1.807, 2.05) is 30.3 Å². The van der Waals surface area contributed by atoms with Gasteiger partial charge in [0.1, 0.15) is 5.60 Å². The number of benzene rings is 2. The molecule has 0 aliphatic heterocycles. The molecule has 2 nitrogen and oxygen atoms in total. The van der Waals surface area contributed by atoms with Gasteiger partial charge in [-0.2, -0.15) is 5.26 Å². The minimum absolute atomic E-state index is 0.595. The molecule has 2 aromatic carbocycles. The molecule has 0 bridgehead atoms. The van der Waals surface area contributed by atoms with Crippen LogP contribution in [-0.4, -0.2) is 5.11 Å². The zero-order chi connectivity index (χ0) is 12.3. The lowest BCUT2D eigenvalue weighted by Gasteiger charge is -2.24. The Bertz CT molecular complexity index is 535. The van der Waals surface area contributed by atoms with Crippen molar-refractivity contribution in [2.45, 2.75) is 12.5 Å². The lowest BCUT2D eigenvalue weighted by molar-refractivity contribution is 0.102. The molecule has 0 saturated heterocycles. The van der Waals surface area contributed by atoms with Crippen molar-refractivity contribution in [2.75, 3.05) is 0 Å². The first-order valence-corrected chi connectivity index (χ1v) is 5.43. The number of hydrogen-bond acceptors (Lipinski definition) is 2. The SMILES string of the molecule is C[C@](O)(c1ccccc1)c1ccc(C#N)cc1. The van der Waals surface area contributed by atoms with Crippen LogP contribution in [0.5, 0.6) is 0 Å². The predicted molar refractivity (Wildman–Crippen MR) is 66.3 cm³/mol. The van der Waals surface area contributed by atoms with Crippen molar-refractivity contribution in [3.63, 3.8) is 0 Å². The minimum atomic E-state index is -1.03. The van der Waals surface area contributed by atoms with Gasteiger partial charge >= 0.3 is 0 Å². The smallest absolute Gasteiger partial charge is 0.112 e. The van der Waals surface area contributed by atoms with Gasteiger partial charge in [-0.3, -0.25) is 0 Å². The van der Waals surface area contributed by atoms with Crippen molar-refractivity contribution in [2.24, 2.45) is 0 Å². The standard InChI is InChI=1S/C15H13NO/c1-15(17,13-5-3-2-4-6-13)14-9-7-12(11-16)8-10-14/h2-10,17H,1H3/t15-/m0/s1. The Morgan fingerprint density at radius 2 is 1.47 bits per heavy atom. The van der Waals surface area contributed by atoms with Gasteiger partial charge in [0.05, 0.1) is 11.6 Å². The molecule has 0 heterocycles. The number of aliphatic hydroxyl groups is 1. The van der Waals surface area contributed by atoms with E-state index in [0.717, 1.165) is 11.1 Å². The molecule has 1 N–H and O–H groups in total. The number of hydrogen-bond donors (Lipinski definition) is 1. The Balaban J connectivity index is 2.41. The first-order chi connectivity index (χ1) is 8.14. The maximum absolute atomic E-state index is 10.5. The third-order valence-corrected chi connectivity index (χ3v) is 2.91. The monoisotopic (exact) mass is 223 g/mol. The van der Waals surface area contributed by atoms with Gasteiger partial charge in [0, 0.05) is 0 Å². The van der Waals surface area contributed by atoms with Crippen LogP contribution in [0.3, 0.4) is 0 Å². The van der Waals surface area contributed by atoms with Crippen LogP contribution >= 0.6 is 0 Å². The Hall–Kier alpha value is -2.11. The third-order valence-electron chi connectivity index (χ3n) is 2.91. The summed E-state index contributed by atoms with van der Waals surface area (Å²) in [6.07, 6.45) is 0. The van der Waals surface area contributed by atoms with Crippen LogP contribution in [0.15, 0.2) is 54.6 Å². The highest BCUT2D eigenvalue weighted by molar-refractivity contribution is 5.39. The maximum atomic E-state index is 10.5. The molecule has 2 rings (SSSR count). The van der Waals surface area contributed by atoms with Gasteiger partial charge < -0.3 is 5.11 Å². The molecule has 2 heteroatoms. The topological polar surface area (TPSA) is 44.0 Å². The summed E-state index contributed by atoms with van der Waals surface area (Å²) in [6, 6.07) is 18.5. The molecule has 0 aliphatic rings. The largest absolute Gasteiger partial charge is 0.381 e. The van der Waals surface area contributed by atoms with E-state index in [4.69, 9.17) is 5.26 Å². The van der Waals surface area contributed by atoms with Crippen LogP contribution < -0.4 is 0 Å². The van der Waals surface area contributed by atoms with Crippen LogP contribution in [-0.2, 0) is 5.60 Å². The summed E-state index contributed by atoms with van der Waals surface area (Å²) >= 11 is 0. The quantitative estimate of drug-likeness (QED) is 0.850. The van der Waals surface area contributed by atoms with E-state index in [0.29, 0.717) is 5.56 Å². The lowest BCUT2D eigenvalue weighted by Crippen LogP contribution is -2.22. The van der Waals surface area contributed by atoms with Gasteiger partial charge in [-0.15, -0.1) is 0 Å². The van der Waals surface area contributed by atoms with E-state index in [1.165, 1.54) is 0 Å². The molecule has 0 aliphatic carbocycles. The summed E-state index contributed by atoms with van der Waals surface area (Å²) in [5.41, 5.74) is 1.18. The van der Waals surface area contributed by atoms with Crippen molar-refractivity contribution < 1.29 is 5.11 Å². The molecular weight excluding hydrogens is 210 g/mol. The number of nitrogens with zero attached hydrogens (tertiary/aromatic N) is 1. The lowest BCUT2D eigenvalue weighted by atomic mass is 9.88. The summed E-state index contributed by atoms with van der Waals surface area (Å²) in [7, 11) is 0. The van der Waals surface area contributed by atoms with Gasteiger partial charge in [0.25, 0.3) is 0 Å². The average molecular weight is 223 g/mol. The first-order valence-electron chi connectivity index (χ1n) is 5.43. The Morgan fingerprint density at radius 3 is 2.00 bits per heavy atom. The second-order valence-corrected chi connectivity index (χ2v) is 4.13. The van der Waals surface area contributed by atoms with Crippen LogP contribution in [0.2, 0.25) is 0 Å². The van der Waals surface area contributed by atoms with Crippen molar-refractivity contribution in [1.29, 1.82) is 5.26 Å². The van der Waals surface area contributed by atoms with Crippen LogP contribution in [0, 0.1) is 11.3 Å². The molecule has 0 amide bonds. The van der Waals surface area contributed by atoms with Crippen LogP contribution in [0.1, 0.15) is 23.6 Å². The fourth-order valence-corrected chi connectivity index (χ4v) is 1.80. The zero-order valence-corrected chi connectivity index (χ0v) is 9.59. The van der Waals surface area contributed by atoms with Gasteiger partial charge in [-0.05, 0) is 30.2 Å². The highest BCUT2D eigenvalue weighted by Crippen LogP contribution is 2.28. The van der Waals surface area contributed by atoms with Crippen LogP contribution in [0.25, 0.3) is 0 Å². The average Bonchev–Trinajstić information content (AvgIpc) is 2.40. The zero-order valence-electron chi connectivity index (χ0n) is 9.59. The summed E-state index contributed by atoms with van der Waals surface area (Å²) in [4.78, 5) is 0. The second-order valence-electron chi connectivity index (χ2n) is 4.13. The van der Waals surface area contributed by atoms with Gasteiger partial charge in [-0.1, -0.05) is 42.5 Å². The minimum Gasteiger partial charge on any atom is -0.381 e. The van der Waals surface area contributed by atoms with Gasteiger partial charge in [0.2, 0.25) is 0 Å². The normalized spacial score (nSPS) is 13.7. The highest BCUT2D eigenvalue weighted by Gasteiger charge is 2.24. The van der Waals surface area contributed by atoms with Gasteiger partial charge in [0.15, 0.2) is 0 Å². The summed E-state index contributed by atoms with van der Waals surface area (Å²) in [5, 5.41) is 19.3. The molecule has 0 unspecified atom stereocenters. The van der Waals surface area contributed by atoms with E-state index < -0.39 is 5.60 Å². The van der Waals surface area contributed by atoms with Gasteiger partial charge in [-0.25, -0.2) is 0 Å². The van der Waals surface area contributed by atoms with E-state index in [2.05, 4.69) is 6.07 Å². The molecule has 1 atom stereocenters. The molecule has 84 valence electrons. The van der Waals surface area contributed by atoms with E-state index in [-0.39, 0.29) is 0 Å². The molecule has 0 spiro atoms. The van der Waals surface area contributed by atoms with Crippen molar-refractivity contribution in [3.8, 4) is 6.07 Å². The Morgan fingerprint density at radius 1 is 0.941 bits per heavy atom. The Labute approximate surface area is 101 Å². The van der Waals surface area contributed by atoms with E-state index >= 15 is 0 Å². The fourth-order valence-electron chi connectivity index (χ4n) is 1.80. The van der Waals surface area contributed by atoms with E-state index in [1.54, 1.807) is 31.2 Å². The number of nitriles is 1. The summed E-state index contributed by atoms with van der Waals surface area (Å²) < 4.78 is 0. The molecule has 0 radical (unpaired) electrons. The highest BCUT2D eigenvalue weighted by atomic mass is 16.3. The number of rotatable bonds is 2. The molecular formula is C15H13NO. The third kappa shape index (κ3) is 2.20. The molecule has 0 saturated carbocycles. The summed E-state index contributed by atoms with van der Waals surface area (Å²) in [6.45, 7) is 1.75. The maximum Gasteiger partial charge on any atom is 0.112 e. The molecule has 0 aromatic heterocycles. The van der Waals surface area contributed by atoms with Crippen LogP contribution in [0.4, 0.5) is 0 Å². The Kier molecular flexibility index (Phi) is 2.95. The van der Waals surface area contributed by atoms with Crippen molar-refractivity contribution in [1.82, 2.24) is 0 Å². The van der Waals surface area contributed by atoms with Crippen molar-refractivity contribution in [3.05, 3.63) is 71.3 Å².